The van der Waals surface area contributed by atoms with Crippen molar-refractivity contribution in [2.75, 3.05) is 26.1 Å². The van der Waals surface area contributed by atoms with Gasteiger partial charge in [0.05, 0.1) is 14.2 Å². The third kappa shape index (κ3) is 4.15. The molecular weight excluding hydrogens is 308 g/mol. The van der Waals surface area contributed by atoms with Gasteiger partial charge in [-0.05, 0) is 26.0 Å². The summed E-state index contributed by atoms with van der Waals surface area (Å²) in [5, 5.41) is 14.6. The van der Waals surface area contributed by atoms with Crippen LogP contribution in [0, 0.1) is 6.92 Å². The maximum atomic E-state index is 5.32. The van der Waals surface area contributed by atoms with E-state index in [1.165, 1.54) is 0 Å². The van der Waals surface area contributed by atoms with Crippen LogP contribution in [0.2, 0.25) is 0 Å². The van der Waals surface area contributed by atoms with E-state index in [0.717, 1.165) is 23.9 Å². The van der Waals surface area contributed by atoms with Crippen molar-refractivity contribution < 1.29 is 9.47 Å². The number of aromatic nitrogens is 3. The molecule has 0 radical (unpaired) electrons. The summed E-state index contributed by atoms with van der Waals surface area (Å²) in [6.45, 7) is 5.10. The van der Waals surface area contributed by atoms with Crippen LogP contribution in [-0.4, -0.2) is 41.5 Å². The highest BCUT2D eigenvalue weighted by Crippen LogP contribution is 2.29. The normalized spacial score (nSPS) is 11.3. The Morgan fingerprint density at radius 1 is 1.21 bits per heavy atom. The first kappa shape index (κ1) is 17.6. The lowest BCUT2D eigenvalue weighted by atomic mass is 10.3. The average Bonchev–Trinajstić information content (AvgIpc) is 2.91. The number of hydrogen-bond donors (Lipinski definition) is 2. The number of guanidine groups is 1. The number of methoxy groups -OCH3 is 2. The van der Waals surface area contributed by atoms with Crippen LogP contribution < -0.4 is 20.1 Å². The van der Waals surface area contributed by atoms with Gasteiger partial charge in [-0.1, -0.05) is 0 Å². The van der Waals surface area contributed by atoms with Gasteiger partial charge in [-0.25, -0.2) is 4.99 Å². The molecule has 0 atom stereocenters. The fraction of sp³-hybridized carbons (Fsp3) is 0.438. The quantitative estimate of drug-likeness (QED) is 0.619. The van der Waals surface area contributed by atoms with Crippen LogP contribution in [0.1, 0.15) is 18.6 Å². The van der Waals surface area contributed by atoms with E-state index >= 15 is 0 Å². The smallest absolute Gasteiger partial charge is 0.196 e. The Balaban J connectivity index is 2.15. The molecule has 8 heteroatoms. The Morgan fingerprint density at radius 2 is 1.96 bits per heavy atom. The van der Waals surface area contributed by atoms with Crippen LogP contribution in [-0.2, 0) is 13.6 Å². The molecule has 1 aromatic carbocycles. The van der Waals surface area contributed by atoms with E-state index in [1.807, 2.05) is 43.7 Å². The van der Waals surface area contributed by atoms with Gasteiger partial charge in [0.25, 0.3) is 0 Å². The van der Waals surface area contributed by atoms with Gasteiger partial charge < -0.3 is 24.7 Å². The van der Waals surface area contributed by atoms with Gasteiger partial charge in [0, 0.05) is 25.3 Å². The summed E-state index contributed by atoms with van der Waals surface area (Å²) in [7, 11) is 5.14. The third-order valence-corrected chi connectivity index (χ3v) is 3.55. The van der Waals surface area contributed by atoms with Crippen molar-refractivity contribution in [2.24, 2.45) is 12.0 Å². The van der Waals surface area contributed by atoms with Crippen molar-refractivity contribution in [3.8, 4) is 11.5 Å². The molecule has 0 unspecified atom stereocenters. The number of benzene rings is 1. The van der Waals surface area contributed by atoms with Crippen molar-refractivity contribution >= 4 is 11.6 Å². The van der Waals surface area contributed by atoms with E-state index in [9.17, 15) is 0 Å². The Labute approximate surface area is 141 Å². The van der Waals surface area contributed by atoms with E-state index in [1.54, 1.807) is 14.2 Å². The molecule has 0 aliphatic heterocycles. The predicted octanol–water partition coefficient (Wildman–Crippen LogP) is 1.72. The molecule has 0 fully saturated rings. The van der Waals surface area contributed by atoms with Gasteiger partial charge in [0.15, 0.2) is 23.3 Å². The van der Waals surface area contributed by atoms with Crippen molar-refractivity contribution in [3.63, 3.8) is 0 Å². The van der Waals surface area contributed by atoms with E-state index in [2.05, 4.69) is 25.8 Å². The lowest BCUT2D eigenvalue weighted by Crippen LogP contribution is -2.30. The molecule has 2 N–H and O–H groups in total. The number of anilines is 1. The topological polar surface area (TPSA) is 85.6 Å². The first-order valence-electron chi connectivity index (χ1n) is 7.71. The molecule has 0 saturated heterocycles. The molecule has 2 aromatic rings. The minimum Gasteiger partial charge on any atom is -0.493 e. The molecule has 0 bridgehead atoms. The third-order valence-electron chi connectivity index (χ3n) is 3.55. The summed E-state index contributed by atoms with van der Waals surface area (Å²) in [5.41, 5.74) is 0.849. The molecule has 1 heterocycles. The van der Waals surface area contributed by atoms with E-state index in [0.29, 0.717) is 24.0 Å². The lowest BCUT2D eigenvalue weighted by Gasteiger charge is -2.13. The summed E-state index contributed by atoms with van der Waals surface area (Å²) in [6, 6.07) is 5.61. The summed E-state index contributed by atoms with van der Waals surface area (Å²) < 4.78 is 12.5. The molecule has 0 amide bonds. The van der Waals surface area contributed by atoms with Crippen LogP contribution in [0.4, 0.5) is 5.69 Å². The molecule has 8 nitrogen and oxygen atoms in total. The maximum absolute atomic E-state index is 5.32. The maximum Gasteiger partial charge on any atom is 0.196 e. The number of ether oxygens (including phenoxy) is 2. The molecular formula is C16H24N6O2. The molecule has 2 rings (SSSR count). The summed E-state index contributed by atoms with van der Waals surface area (Å²) >= 11 is 0. The molecule has 0 spiro atoms. The minimum atomic E-state index is 0.431. The number of aliphatic imine (C=N–C) groups is 1. The predicted molar refractivity (Wildman–Crippen MR) is 93.7 cm³/mol. The number of hydrogen-bond acceptors (Lipinski definition) is 5. The number of aryl methyl sites for hydroxylation is 1. The fourth-order valence-corrected chi connectivity index (χ4v) is 2.10. The second kappa shape index (κ2) is 8.19. The van der Waals surface area contributed by atoms with E-state index in [4.69, 9.17) is 9.47 Å². The number of nitrogens with zero attached hydrogens (tertiary/aromatic N) is 4. The van der Waals surface area contributed by atoms with Crippen LogP contribution in [0.15, 0.2) is 23.2 Å². The number of rotatable bonds is 6. The molecule has 130 valence electrons. The Bertz CT molecular complexity index is 711. The summed E-state index contributed by atoms with van der Waals surface area (Å²) in [4.78, 5) is 4.55. The summed E-state index contributed by atoms with van der Waals surface area (Å²) in [5.74, 6) is 3.65. The summed E-state index contributed by atoms with van der Waals surface area (Å²) in [6.07, 6.45) is 0. The van der Waals surface area contributed by atoms with E-state index < -0.39 is 0 Å². The van der Waals surface area contributed by atoms with E-state index in [-0.39, 0.29) is 0 Å². The largest absolute Gasteiger partial charge is 0.493 e. The molecule has 24 heavy (non-hydrogen) atoms. The van der Waals surface area contributed by atoms with Crippen molar-refractivity contribution in [1.29, 1.82) is 0 Å². The zero-order valence-electron chi connectivity index (χ0n) is 14.8. The fourth-order valence-electron chi connectivity index (χ4n) is 2.10. The van der Waals surface area contributed by atoms with Crippen LogP contribution in [0.5, 0.6) is 11.5 Å². The highest BCUT2D eigenvalue weighted by Gasteiger charge is 2.08. The SMILES string of the molecule is CCNC(=NCc1nnc(C)n1C)Nc1ccc(OC)c(OC)c1. The molecule has 0 saturated carbocycles. The van der Waals surface area contributed by atoms with Crippen molar-refractivity contribution in [2.45, 2.75) is 20.4 Å². The first-order chi connectivity index (χ1) is 11.6. The second-order valence-electron chi connectivity index (χ2n) is 5.11. The Morgan fingerprint density at radius 3 is 2.54 bits per heavy atom. The highest BCUT2D eigenvalue weighted by atomic mass is 16.5. The van der Waals surface area contributed by atoms with Crippen LogP contribution in [0.25, 0.3) is 0 Å². The van der Waals surface area contributed by atoms with Crippen molar-refractivity contribution in [3.05, 3.63) is 29.8 Å². The number of nitrogens with one attached hydrogen (secondary N) is 2. The standard InChI is InChI=1S/C16H24N6O2/c1-6-17-16(18-10-15-21-20-11(2)22(15)3)19-12-7-8-13(23-4)14(9-12)24-5/h7-9H,6,10H2,1-5H3,(H2,17,18,19). The lowest BCUT2D eigenvalue weighted by molar-refractivity contribution is 0.355. The Kier molecular flexibility index (Phi) is 6.00. The zero-order valence-corrected chi connectivity index (χ0v) is 14.8. The first-order valence-corrected chi connectivity index (χ1v) is 7.71. The van der Waals surface area contributed by atoms with Gasteiger partial charge in [-0.2, -0.15) is 0 Å². The minimum absolute atomic E-state index is 0.431. The van der Waals surface area contributed by atoms with Gasteiger partial charge >= 0.3 is 0 Å². The molecule has 1 aromatic heterocycles. The van der Waals surface area contributed by atoms with Gasteiger partial charge in [-0.15, -0.1) is 10.2 Å². The van der Waals surface area contributed by atoms with Gasteiger partial charge in [-0.3, -0.25) is 0 Å². The molecule has 0 aliphatic carbocycles. The Hall–Kier alpha value is -2.77. The average molecular weight is 332 g/mol. The van der Waals surface area contributed by atoms with Gasteiger partial charge in [0.2, 0.25) is 0 Å². The van der Waals surface area contributed by atoms with Crippen LogP contribution >= 0.6 is 0 Å². The van der Waals surface area contributed by atoms with Gasteiger partial charge in [0.1, 0.15) is 12.4 Å². The van der Waals surface area contributed by atoms with Crippen molar-refractivity contribution in [1.82, 2.24) is 20.1 Å². The monoisotopic (exact) mass is 332 g/mol. The highest BCUT2D eigenvalue weighted by molar-refractivity contribution is 5.93. The second-order valence-corrected chi connectivity index (χ2v) is 5.11. The zero-order chi connectivity index (χ0) is 17.5. The van der Waals surface area contributed by atoms with Crippen LogP contribution in [0.3, 0.4) is 0 Å². The molecule has 0 aliphatic rings.